The third kappa shape index (κ3) is 2.40. The van der Waals surface area contributed by atoms with Gasteiger partial charge in [0.1, 0.15) is 5.69 Å². The number of aromatic amines is 1. The number of hydrogen-bond donors (Lipinski definition) is 1. The molecule has 4 nitrogen and oxygen atoms in total. The van der Waals surface area contributed by atoms with E-state index in [1.165, 1.54) is 0 Å². The maximum atomic E-state index is 12.4. The lowest BCUT2D eigenvalue weighted by Gasteiger charge is -2.01. The molecule has 20 heavy (non-hydrogen) atoms. The summed E-state index contributed by atoms with van der Waals surface area (Å²) in [6, 6.07) is 16.6. The van der Waals surface area contributed by atoms with Crippen LogP contribution in [-0.2, 0) is 0 Å². The van der Waals surface area contributed by atoms with E-state index in [0.29, 0.717) is 17.0 Å². The minimum Gasteiger partial charge on any atom is -0.287 e. The Morgan fingerprint density at radius 2 is 1.65 bits per heavy atom. The molecule has 0 saturated heterocycles. The molecule has 3 aromatic rings. The van der Waals surface area contributed by atoms with Crippen LogP contribution in [0.5, 0.6) is 0 Å². The molecule has 0 saturated carbocycles. The van der Waals surface area contributed by atoms with E-state index < -0.39 is 0 Å². The van der Waals surface area contributed by atoms with Crippen LogP contribution in [0.1, 0.15) is 16.1 Å². The van der Waals surface area contributed by atoms with Gasteiger partial charge in [0.05, 0.1) is 0 Å². The number of hydrogen-bond acceptors (Lipinski definition) is 3. The molecular formula is C15H10BrN3O. The van der Waals surface area contributed by atoms with Gasteiger partial charge in [-0.15, -0.1) is 0 Å². The fourth-order valence-electron chi connectivity index (χ4n) is 1.92. The predicted octanol–water partition coefficient (Wildman–Crippen LogP) is 3.47. The van der Waals surface area contributed by atoms with Gasteiger partial charge >= 0.3 is 0 Å². The summed E-state index contributed by atoms with van der Waals surface area (Å²) in [5.74, 6) is -0.141. The van der Waals surface area contributed by atoms with Crippen molar-refractivity contribution in [2.75, 3.05) is 0 Å². The molecule has 3 rings (SSSR count). The minimum absolute atomic E-state index is 0.141. The van der Waals surface area contributed by atoms with E-state index in [1.807, 2.05) is 42.5 Å². The number of ketones is 1. The highest BCUT2D eigenvalue weighted by Gasteiger charge is 2.19. The zero-order chi connectivity index (χ0) is 13.9. The highest BCUT2D eigenvalue weighted by molar-refractivity contribution is 9.10. The Hall–Kier alpha value is -2.27. The molecule has 2 aromatic carbocycles. The number of carbonyl (C=O) groups excluding carboxylic acids is 1. The molecule has 0 aliphatic rings. The average Bonchev–Trinajstić information content (AvgIpc) is 2.97. The van der Waals surface area contributed by atoms with E-state index in [0.717, 1.165) is 10.0 Å². The van der Waals surface area contributed by atoms with Crippen LogP contribution < -0.4 is 0 Å². The number of nitrogens with one attached hydrogen (secondary N) is 1. The maximum absolute atomic E-state index is 12.4. The second kappa shape index (κ2) is 5.38. The van der Waals surface area contributed by atoms with Gasteiger partial charge in [-0.1, -0.05) is 58.4 Å². The molecule has 1 aromatic heterocycles. The van der Waals surface area contributed by atoms with Gasteiger partial charge in [-0.2, -0.15) is 15.4 Å². The second-order valence-corrected chi connectivity index (χ2v) is 5.14. The summed E-state index contributed by atoms with van der Waals surface area (Å²) in [6.45, 7) is 0. The van der Waals surface area contributed by atoms with E-state index in [-0.39, 0.29) is 5.78 Å². The lowest BCUT2D eigenvalue weighted by Crippen LogP contribution is -2.03. The van der Waals surface area contributed by atoms with Crippen LogP contribution in [-0.4, -0.2) is 21.2 Å². The van der Waals surface area contributed by atoms with Crippen LogP contribution in [0.15, 0.2) is 59.1 Å². The Morgan fingerprint density at radius 1 is 0.950 bits per heavy atom. The fourth-order valence-corrected chi connectivity index (χ4v) is 2.19. The number of nitrogens with zero attached hydrogens (tertiary/aromatic N) is 2. The topological polar surface area (TPSA) is 58.6 Å². The molecule has 0 unspecified atom stereocenters. The molecule has 0 spiro atoms. The van der Waals surface area contributed by atoms with Crippen molar-refractivity contribution in [1.82, 2.24) is 15.4 Å². The van der Waals surface area contributed by atoms with Gasteiger partial charge in [-0.3, -0.25) is 4.79 Å². The first kappa shape index (κ1) is 12.7. The lowest BCUT2D eigenvalue weighted by molar-refractivity contribution is 0.103. The molecule has 98 valence electrons. The monoisotopic (exact) mass is 327 g/mol. The third-order valence-electron chi connectivity index (χ3n) is 2.92. The molecule has 0 bridgehead atoms. The van der Waals surface area contributed by atoms with Crippen LogP contribution in [0.2, 0.25) is 0 Å². The number of carbonyl (C=O) groups is 1. The van der Waals surface area contributed by atoms with Gasteiger partial charge in [-0.05, 0) is 12.1 Å². The van der Waals surface area contributed by atoms with E-state index in [9.17, 15) is 4.79 Å². The highest BCUT2D eigenvalue weighted by Crippen LogP contribution is 2.23. The van der Waals surface area contributed by atoms with E-state index in [4.69, 9.17) is 0 Å². The van der Waals surface area contributed by atoms with Gasteiger partial charge in [0, 0.05) is 15.6 Å². The highest BCUT2D eigenvalue weighted by atomic mass is 79.9. The summed E-state index contributed by atoms with van der Waals surface area (Å²) in [7, 11) is 0. The standard InChI is InChI=1S/C15H10BrN3O/c16-12-8-6-10(7-9-12)13-14(18-19-17-13)15(20)11-4-2-1-3-5-11/h1-9H,(H,17,18,19). The number of rotatable bonds is 3. The first-order valence-corrected chi connectivity index (χ1v) is 6.81. The van der Waals surface area contributed by atoms with Crippen molar-refractivity contribution in [3.8, 4) is 11.3 Å². The van der Waals surface area contributed by atoms with Crippen LogP contribution >= 0.6 is 15.9 Å². The summed E-state index contributed by atoms with van der Waals surface area (Å²) in [6.07, 6.45) is 0. The van der Waals surface area contributed by atoms with Crippen molar-refractivity contribution in [3.05, 3.63) is 70.3 Å². The normalized spacial score (nSPS) is 10.4. The van der Waals surface area contributed by atoms with Gasteiger partial charge < -0.3 is 0 Å². The molecule has 0 fully saturated rings. The van der Waals surface area contributed by atoms with Crippen molar-refractivity contribution < 1.29 is 4.79 Å². The molecule has 0 aliphatic heterocycles. The van der Waals surface area contributed by atoms with Gasteiger partial charge in [0.25, 0.3) is 0 Å². The summed E-state index contributed by atoms with van der Waals surface area (Å²) >= 11 is 3.38. The largest absolute Gasteiger partial charge is 0.287 e. The molecule has 0 aliphatic carbocycles. The number of aromatic nitrogens is 3. The Kier molecular flexibility index (Phi) is 3.43. The molecule has 1 N–H and O–H groups in total. The van der Waals surface area contributed by atoms with Gasteiger partial charge in [0.15, 0.2) is 5.69 Å². The average molecular weight is 328 g/mol. The van der Waals surface area contributed by atoms with E-state index in [1.54, 1.807) is 12.1 Å². The Balaban J connectivity index is 2.02. The van der Waals surface area contributed by atoms with Crippen LogP contribution in [0, 0.1) is 0 Å². The smallest absolute Gasteiger partial charge is 0.215 e. The Morgan fingerprint density at radius 3 is 2.35 bits per heavy atom. The number of halogens is 1. The van der Waals surface area contributed by atoms with Crippen molar-refractivity contribution in [2.24, 2.45) is 0 Å². The molecule has 0 amide bonds. The van der Waals surface area contributed by atoms with Crippen molar-refractivity contribution in [2.45, 2.75) is 0 Å². The summed E-state index contributed by atoms with van der Waals surface area (Å²) < 4.78 is 0.973. The first-order valence-electron chi connectivity index (χ1n) is 6.02. The molecule has 0 atom stereocenters. The van der Waals surface area contributed by atoms with Crippen LogP contribution in [0.4, 0.5) is 0 Å². The second-order valence-electron chi connectivity index (χ2n) is 4.22. The van der Waals surface area contributed by atoms with Crippen molar-refractivity contribution >= 4 is 21.7 Å². The summed E-state index contributed by atoms with van der Waals surface area (Å²) in [4.78, 5) is 12.4. The predicted molar refractivity (Wildman–Crippen MR) is 79.4 cm³/mol. The molecule has 5 heteroatoms. The first-order chi connectivity index (χ1) is 9.75. The molecule has 0 radical (unpaired) electrons. The minimum atomic E-state index is -0.141. The third-order valence-corrected chi connectivity index (χ3v) is 3.45. The Labute approximate surface area is 124 Å². The van der Waals surface area contributed by atoms with E-state index >= 15 is 0 Å². The lowest BCUT2D eigenvalue weighted by atomic mass is 10.0. The van der Waals surface area contributed by atoms with E-state index in [2.05, 4.69) is 31.3 Å². The van der Waals surface area contributed by atoms with Gasteiger partial charge in [-0.25, -0.2) is 0 Å². The quantitative estimate of drug-likeness (QED) is 0.749. The number of H-pyrrole nitrogens is 1. The SMILES string of the molecule is O=C(c1ccccc1)c1n[nH]nc1-c1ccc(Br)cc1. The Bertz CT molecular complexity index is 735. The van der Waals surface area contributed by atoms with Gasteiger partial charge in [0.2, 0.25) is 5.78 Å². The molecule has 1 heterocycles. The fraction of sp³-hybridized carbons (Fsp3) is 0. The van der Waals surface area contributed by atoms with Crippen LogP contribution in [0.25, 0.3) is 11.3 Å². The maximum Gasteiger partial charge on any atom is 0.215 e. The number of benzene rings is 2. The summed E-state index contributed by atoms with van der Waals surface area (Å²) in [5, 5.41) is 10.6. The van der Waals surface area contributed by atoms with Crippen LogP contribution in [0.3, 0.4) is 0 Å². The summed E-state index contributed by atoms with van der Waals surface area (Å²) in [5.41, 5.74) is 2.34. The zero-order valence-electron chi connectivity index (χ0n) is 10.4. The van der Waals surface area contributed by atoms with Crippen molar-refractivity contribution in [1.29, 1.82) is 0 Å². The molecular weight excluding hydrogens is 318 g/mol. The zero-order valence-corrected chi connectivity index (χ0v) is 12.0. The van der Waals surface area contributed by atoms with Crippen molar-refractivity contribution in [3.63, 3.8) is 0 Å².